The molecule has 0 amide bonds. The molecule has 0 saturated carbocycles. The fourth-order valence-corrected chi connectivity index (χ4v) is 5.31. The molecule has 0 aliphatic carbocycles. The summed E-state index contributed by atoms with van der Waals surface area (Å²) in [5.74, 6) is 3.25. The number of fused-ring (bicyclic) bond motifs is 2. The van der Waals surface area contributed by atoms with Gasteiger partial charge in [-0.3, -0.25) is 0 Å². The molecular weight excluding hydrogens is 628 g/mol. The molecule has 40 heavy (non-hydrogen) atoms. The SMILES string of the molecule is Brc1cc2c(cc1Br)Oc1cc(-c3cc(-c4ccc(-c5ccccc5)cc4)nc(-c4ccccc4)n3)ccc1O2. The molecule has 0 saturated heterocycles. The van der Waals surface area contributed by atoms with Crippen molar-refractivity contribution in [2.24, 2.45) is 0 Å². The molecule has 7 rings (SSSR count). The number of halogens is 2. The normalized spacial score (nSPS) is 11.7. The van der Waals surface area contributed by atoms with Crippen LogP contribution < -0.4 is 9.47 Å². The van der Waals surface area contributed by atoms with Crippen LogP contribution in [-0.2, 0) is 0 Å². The van der Waals surface area contributed by atoms with Gasteiger partial charge in [-0.1, -0.05) is 84.9 Å². The Labute approximate surface area is 248 Å². The van der Waals surface area contributed by atoms with Gasteiger partial charge in [0.25, 0.3) is 0 Å². The van der Waals surface area contributed by atoms with Crippen LogP contribution in [0.15, 0.2) is 130 Å². The third kappa shape index (κ3) is 4.81. The number of hydrogen-bond acceptors (Lipinski definition) is 4. The van der Waals surface area contributed by atoms with Gasteiger partial charge >= 0.3 is 0 Å². The summed E-state index contributed by atoms with van der Waals surface area (Å²) in [6, 6.07) is 40.6. The monoisotopic (exact) mass is 646 g/mol. The zero-order valence-corrected chi connectivity index (χ0v) is 24.2. The first kappa shape index (κ1) is 24.8. The van der Waals surface area contributed by atoms with Gasteiger partial charge in [0.1, 0.15) is 0 Å². The number of rotatable bonds is 4. The minimum absolute atomic E-state index is 0.632. The van der Waals surface area contributed by atoms with Crippen molar-refractivity contribution in [2.45, 2.75) is 0 Å². The van der Waals surface area contributed by atoms with E-state index in [2.05, 4.69) is 80.4 Å². The molecule has 0 spiro atoms. The summed E-state index contributed by atoms with van der Waals surface area (Å²) < 4.78 is 14.2. The molecule has 4 nitrogen and oxygen atoms in total. The van der Waals surface area contributed by atoms with E-state index in [4.69, 9.17) is 19.4 Å². The van der Waals surface area contributed by atoms with Crippen LogP contribution in [0.1, 0.15) is 0 Å². The number of ether oxygens (including phenoxy) is 2. The number of hydrogen-bond donors (Lipinski definition) is 0. The van der Waals surface area contributed by atoms with E-state index in [-0.39, 0.29) is 0 Å². The van der Waals surface area contributed by atoms with Crippen LogP contribution in [0.25, 0.3) is 45.0 Å². The molecule has 0 N–H and O–H groups in total. The van der Waals surface area contributed by atoms with Gasteiger partial charge in [-0.15, -0.1) is 0 Å². The average Bonchev–Trinajstić information content (AvgIpc) is 3.01. The first-order valence-corrected chi connectivity index (χ1v) is 14.3. The first-order valence-electron chi connectivity index (χ1n) is 12.7. The molecule has 0 bridgehead atoms. The topological polar surface area (TPSA) is 44.2 Å². The highest BCUT2D eigenvalue weighted by Crippen LogP contribution is 2.49. The van der Waals surface area contributed by atoms with Gasteiger partial charge in [0, 0.05) is 37.8 Å². The molecule has 1 aromatic heterocycles. The van der Waals surface area contributed by atoms with Crippen LogP contribution in [0.4, 0.5) is 0 Å². The summed E-state index contributed by atoms with van der Waals surface area (Å²) in [5, 5.41) is 0. The van der Waals surface area contributed by atoms with Crippen LogP contribution in [-0.4, -0.2) is 9.97 Å². The second-order valence-electron chi connectivity index (χ2n) is 9.35. The molecule has 1 aliphatic heterocycles. The predicted molar refractivity (Wildman–Crippen MR) is 166 cm³/mol. The Hall–Kier alpha value is -4.26. The molecule has 0 fully saturated rings. The maximum Gasteiger partial charge on any atom is 0.171 e. The maximum atomic E-state index is 6.24. The Bertz CT molecular complexity index is 1860. The van der Waals surface area contributed by atoms with E-state index in [9.17, 15) is 0 Å². The lowest BCUT2D eigenvalue weighted by Gasteiger charge is -2.22. The average molecular weight is 648 g/mol. The fraction of sp³-hybridized carbons (Fsp3) is 0. The number of nitrogens with zero attached hydrogens (tertiary/aromatic N) is 2. The van der Waals surface area contributed by atoms with E-state index in [1.165, 1.54) is 5.56 Å². The largest absolute Gasteiger partial charge is 0.449 e. The van der Waals surface area contributed by atoms with E-state index in [1.807, 2.05) is 72.8 Å². The van der Waals surface area contributed by atoms with E-state index in [0.717, 1.165) is 42.6 Å². The van der Waals surface area contributed by atoms with E-state index in [1.54, 1.807) is 0 Å². The Morgan fingerprint density at radius 3 is 1.52 bits per heavy atom. The van der Waals surface area contributed by atoms with Gasteiger partial charge in [-0.05, 0) is 67.3 Å². The second-order valence-corrected chi connectivity index (χ2v) is 11.1. The zero-order chi connectivity index (χ0) is 27.1. The first-order chi connectivity index (χ1) is 19.6. The summed E-state index contributed by atoms with van der Waals surface area (Å²) in [7, 11) is 0. The van der Waals surface area contributed by atoms with Crippen molar-refractivity contribution in [3.63, 3.8) is 0 Å². The van der Waals surface area contributed by atoms with Crippen LogP contribution in [0.5, 0.6) is 23.0 Å². The predicted octanol–water partition coefficient (Wildman–Crippen LogP) is 10.6. The van der Waals surface area contributed by atoms with Crippen molar-refractivity contribution in [3.05, 3.63) is 130 Å². The van der Waals surface area contributed by atoms with Crippen molar-refractivity contribution < 1.29 is 9.47 Å². The molecule has 2 heterocycles. The molecular formula is C34H20Br2N2O2. The standard InChI is InChI=1S/C34H20Br2N2O2/c35-26-18-32-33(19-27(26)36)40-31-17-25(15-16-30(31)39-32)29-20-28(37-34(38-29)24-9-5-2-6-10-24)23-13-11-22(12-14-23)21-7-3-1-4-8-21/h1-20H. The molecule has 6 heteroatoms. The Morgan fingerprint density at radius 2 is 0.875 bits per heavy atom. The fourth-order valence-electron chi connectivity index (χ4n) is 4.66. The molecule has 192 valence electrons. The van der Waals surface area contributed by atoms with Crippen LogP contribution in [0.2, 0.25) is 0 Å². The number of benzene rings is 5. The van der Waals surface area contributed by atoms with Crippen LogP contribution in [0, 0.1) is 0 Å². The van der Waals surface area contributed by atoms with Crippen molar-refractivity contribution in [1.82, 2.24) is 9.97 Å². The third-order valence-electron chi connectivity index (χ3n) is 6.71. The molecule has 0 unspecified atom stereocenters. The van der Waals surface area contributed by atoms with E-state index < -0.39 is 0 Å². The molecule has 6 aromatic rings. The Morgan fingerprint density at radius 1 is 0.400 bits per heavy atom. The summed E-state index contributed by atoms with van der Waals surface area (Å²) in [6.07, 6.45) is 0. The molecule has 5 aromatic carbocycles. The Kier molecular flexibility index (Phi) is 6.42. The lowest BCUT2D eigenvalue weighted by molar-refractivity contribution is 0.359. The minimum Gasteiger partial charge on any atom is -0.449 e. The van der Waals surface area contributed by atoms with Crippen LogP contribution >= 0.6 is 31.9 Å². The van der Waals surface area contributed by atoms with Gasteiger partial charge in [0.15, 0.2) is 28.8 Å². The summed E-state index contributed by atoms with van der Waals surface area (Å²) in [4.78, 5) is 9.92. The summed E-state index contributed by atoms with van der Waals surface area (Å²) in [6.45, 7) is 0. The smallest absolute Gasteiger partial charge is 0.171 e. The van der Waals surface area contributed by atoms with Crippen molar-refractivity contribution >= 4 is 31.9 Å². The van der Waals surface area contributed by atoms with Crippen molar-refractivity contribution in [2.75, 3.05) is 0 Å². The summed E-state index contributed by atoms with van der Waals surface area (Å²) >= 11 is 7.07. The maximum absolute atomic E-state index is 6.24. The summed E-state index contributed by atoms with van der Waals surface area (Å²) in [5.41, 5.74) is 6.86. The third-order valence-corrected chi connectivity index (χ3v) is 8.56. The quantitative estimate of drug-likeness (QED) is 0.191. The van der Waals surface area contributed by atoms with Crippen LogP contribution in [0.3, 0.4) is 0 Å². The van der Waals surface area contributed by atoms with Gasteiger partial charge in [-0.25, -0.2) is 9.97 Å². The zero-order valence-electron chi connectivity index (χ0n) is 21.0. The second kappa shape index (κ2) is 10.4. The van der Waals surface area contributed by atoms with Gasteiger partial charge in [0.2, 0.25) is 0 Å². The highest BCUT2D eigenvalue weighted by molar-refractivity contribution is 9.13. The van der Waals surface area contributed by atoms with Gasteiger partial charge in [0.05, 0.1) is 11.4 Å². The van der Waals surface area contributed by atoms with Crippen molar-refractivity contribution in [3.8, 4) is 68.0 Å². The van der Waals surface area contributed by atoms with Gasteiger partial charge < -0.3 is 9.47 Å². The minimum atomic E-state index is 0.632. The Balaban J connectivity index is 1.30. The number of aromatic nitrogens is 2. The molecule has 0 radical (unpaired) electrons. The van der Waals surface area contributed by atoms with E-state index in [0.29, 0.717) is 28.8 Å². The van der Waals surface area contributed by atoms with Crippen molar-refractivity contribution in [1.29, 1.82) is 0 Å². The highest BCUT2D eigenvalue weighted by atomic mass is 79.9. The van der Waals surface area contributed by atoms with Gasteiger partial charge in [-0.2, -0.15) is 0 Å². The molecule has 1 aliphatic rings. The highest BCUT2D eigenvalue weighted by Gasteiger charge is 2.22. The molecule has 0 atom stereocenters. The lowest BCUT2D eigenvalue weighted by Crippen LogP contribution is -2.00. The lowest BCUT2D eigenvalue weighted by atomic mass is 10.0. The van der Waals surface area contributed by atoms with E-state index >= 15 is 0 Å².